The van der Waals surface area contributed by atoms with E-state index in [4.69, 9.17) is 23.2 Å². The van der Waals surface area contributed by atoms with Gasteiger partial charge in [0.15, 0.2) is 0 Å². The largest absolute Gasteiger partial charge is 0.324 e. The predicted molar refractivity (Wildman–Crippen MR) is 163 cm³/mol. The van der Waals surface area contributed by atoms with Crippen molar-refractivity contribution >= 4 is 46.6 Å². The maximum atomic E-state index is 14.6. The lowest BCUT2D eigenvalue weighted by molar-refractivity contribution is -0.146. The zero-order valence-corrected chi connectivity index (χ0v) is 24.6. The van der Waals surface area contributed by atoms with Gasteiger partial charge in [0.05, 0.1) is 11.8 Å². The fourth-order valence-corrected chi connectivity index (χ4v) is 8.40. The molecule has 0 spiro atoms. The Morgan fingerprint density at radius 2 is 1.24 bits per heavy atom. The van der Waals surface area contributed by atoms with Gasteiger partial charge in [-0.2, -0.15) is 0 Å². The van der Waals surface area contributed by atoms with Crippen molar-refractivity contribution in [2.24, 2.45) is 11.8 Å². The van der Waals surface area contributed by atoms with E-state index in [2.05, 4.69) is 5.32 Å². The van der Waals surface area contributed by atoms with Crippen molar-refractivity contribution in [2.45, 2.75) is 36.1 Å². The van der Waals surface area contributed by atoms with Crippen LogP contribution in [0, 0.1) is 25.7 Å². The van der Waals surface area contributed by atoms with Crippen molar-refractivity contribution in [3.63, 3.8) is 0 Å². The molecule has 3 amide bonds. The van der Waals surface area contributed by atoms with Gasteiger partial charge in [0.1, 0.15) is 15.8 Å². The first-order valence-corrected chi connectivity index (χ1v) is 14.8. The van der Waals surface area contributed by atoms with E-state index in [0.29, 0.717) is 5.69 Å². The molecule has 4 aliphatic rings. The lowest BCUT2D eigenvalue weighted by Gasteiger charge is -2.54. The number of amides is 3. The number of hydrogen-bond donors (Lipinski definition) is 1. The summed E-state index contributed by atoms with van der Waals surface area (Å²) in [4.78, 5) is 41.8. The number of carbonyl (C=O) groups is 3. The van der Waals surface area contributed by atoms with Crippen LogP contribution in [0.4, 0.5) is 5.69 Å². The highest BCUT2D eigenvalue weighted by Crippen LogP contribution is 2.69. The second-order valence-electron chi connectivity index (χ2n) is 11.5. The van der Waals surface area contributed by atoms with E-state index < -0.39 is 45.3 Å². The summed E-state index contributed by atoms with van der Waals surface area (Å²) in [6.07, 6.45) is 0.152. The SMILES string of the molecule is Cc1ccc(NC(=O)[C@H](Cc2ccccc2)N2C(=O)[C@H]3[C@H](C2=O)C2(Cl)c4ccccc4C3(Cl)c3ccccc32)c(C)c1. The summed E-state index contributed by atoms with van der Waals surface area (Å²) >= 11 is 15.2. The molecule has 42 heavy (non-hydrogen) atoms. The molecule has 4 aromatic carbocycles. The van der Waals surface area contributed by atoms with Crippen molar-refractivity contribution in [2.75, 3.05) is 5.32 Å². The summed E-state index contributed by atoms with van der Waals surface area (Å²) in [5.74, 6) is -3.35. The van der Waals surface area contributed by atoms with Crippen LogP contribution in [0.3, 0.4) is 0 Å². The number of rotatable bonds is 5. The van der Waals surface area contributed by atoms with Crippen molar-refractivity contribution in [1.29, 1.82) is 0 Å². The van der Waals surface area contributed by atoms with E-state index in [1.54, 1.807) is 0 Å². The number of carbonyl (C=O) groups excluding carboxylic acids is 3. The summed E-state index contributed by atoms with van der Waals surface area (Å²) in [6, 6.07) is 29.1. The highest BCUT2D eigenvalue weighted by molar-refractivity contribution is 6.36. The van der Waals surface area contributed by atoms with Crippen molar-refractivity contribution < 1.29 is 14.4 Å². The number of likely N-dealkylation sites (tertiary alicyclic amines) is 1. The van der Waals surface area contributed by atoms with Gasteiger partial charge in [0, 0.05) is 12.1 Å². The molecule has 0 aromatic heterocycles. The molecule has 1 fully saturated rings. The van der Waals surface area contributed by atoms with E-state index in [9.17, 15) is 14.4 Å². The molecule has 3 atom stereocenters. The number of nitrogens with zero attached hydrogens (tertiary/aromatic N) is 1. The van der Waals surface area contributed by atoms with Crippen molar-refractivity contribution in [3.05, 3.63) is 136 Å². The first-order valence-electron chi connectivity index (χ1n) is 14.0. The minimum Gasteiger partial charge on any atom is -0.324 e. The number of benzene rings is 4. The molecule has 1 saturated heterocycles. The Morgan fingerprint density at radius 1 is 0.762 bits per heavy atom. The fraction of sp³-hybridized carbons (Fsp3) is 0.229. The first kappa shape index (κ1) is 26.9. The average Bonchev–Trinajstić information content (AvgIpc) is 3.27. The smallest absolute Gasteiger partial charge is 0.248 e. The highest BCUT2D eigenvalue weighted by Gasteiger charge is 2.73. The lowest BCUT2D eigenvalue weighted by Crippen LogP contribution is -2.57. The zero-order valence-electron chi connectivity index (χ0n) is 23.1. The van der Waals surface area contributed by atoms with Crippen LogP contribution < -0.4 is 5.32 Å². The normalized spacial score (nSPS) is 26.0. The molecule has 5 nitrogen and oxygen atoms in total. The average molecular weight is 596 g/mol. The van der Waals surface area contributed by atoms with E-state index in [1.807, 2.05) is 111 Å². The quantitative estimate of drug-likeness (QED) is 0.213. The Balaban J connectivity index is 1.36. The minimum atomic E-state index is -1.31. The van der Waals surface area contributed by atoms with Gasteiger partial charge >= 0.3 is 0 Å². The Hall–Kier alpha value is -3.93. The molecule has 0 saturated carbocycles. The van der Waals surface area contributed by atoms with Crippen LogP contribution in [0.15, 0.2) is 97.1 Å². The van der Waals surface area contributed by atoms with E-state index >= 15 is 0 Å². The summed E-state index contributed by atoms with van der Waals surface area (Å²) in [6.45, 7) is 3.89. The number of imide groups is 1. The molecule has 0 radical (unpaired) electrons. The monoisotopic (exact) mass is 594 g/mol. The van der Waals surface area contributed by atoms with Gasteiger partial charge in [-0.25, -0.2) is 0 Å². The topological polar surface area (TPSA) is 66.5 Å². The van der Waals surface area contributed by atoms with Gasteiger partial charge in [-0.15, -0.1) is 23.2 Å². The first-order chi connectivity index (χ1) is 20.2. The molecule has 210 valence electrons. The minimum absolute atomic E-state index is 0.152. The number of alkyl halides is 2. The number of hydrogen-bond acceptors (Lipinski definition) is 3. The number of nitrogens with one attached hydrogen (secondary N) is 1. The van der Waals surface area contributed by atoms with Gasteiger partial charge < -0.3 is 5.32 Å². The maximum Gasteiger partial charge on any atom is 0.248 e. The molecule has 1 aliphatic heterocycles. The van der Waals surface area contributed by atoms with Crippen LogP contribution in [0.5, 0.6) is 0 Å². The van der Waals surface area contributed by atoms with Gasteiger partial charge in [-0.3, -0.25) is 19.3 Å². The van der Waals surface area contributed by atoms with Gasteiger partial charge in [-0.05, 0) is 53.3 Å². The maximum absolute atomic E-state index is 14.6. The fourth-order valence-electron chi connectivity index (χ4n) is 7.30. The number of halogens is 2. The van der Waals surface area contributed by atoms with Crippen LogP contribution in [-0.2, 0) is 30.6 Å². The third kappa shape index (κ3) is 3.60. The molecule has 4 aromatic rings. The van der Waals surface area contributed by atoms with Crippen molar-refractivity contribution in [1.82, 2.24) is 4.90 Å². The van der Waals surface area contributed by atoms with Crippen LogP contribution in [-0.4, -0.2) is 28.7 Å². The van der Waals surface area contributed by atoms with E-state index in [-0.39, 0.29) is 6.42 Å². The molecule has 2 bridgehead atoms. The van der Waals surface area contributed by atoms with Gasteiger partial charge in [-0.1, -0.05) is 96.6 Å². The molecular formula is C35H28Cl2N2O3. The number of anilines is 1. The van der Waals surface area contributed by atoms with Gasteiger partial charge in [0.25, 0.3) is 0 Å². The third-order valence-corrected chi connectivity index (χ3v) is 10.4. The molecule has 0 unspecified atom stereocenters. The Bertz CT molecular complexity index is 1660. The standard InChI is InChI=1S/C35H28Cl2N2O3/c1-20-16-17-27(21(2)18-20)38-31(40)28(19-22-10-4-3-5-11-22)39-32(41)29-30(33(39)42)35(37)24-13-7-6-12-23(24)34(29,36)25-14-8-9-15-26(25)35/h3-18,28-30H,19H2,1-2H3,(H,38,40)/t28-,29+,30+,34?,35?/m0/s1. The second-order valence-corrected chi connectivity index (χ2v) is 12.7. The Kier molecular flexibility index (Phi) is 6.12. The lowest BCUT2D eigenvalue weighted by atomic mass is 9.54. The summed E-state index contributed by atoms with van der Waals surface area (Å²) in [5, 5.41) is 3.00. The molecular weight excluding hydrogens is 567 g/mol. The summed E-state index contributed by atoms with van der Waals surface area (Å²) < 4.78 is 0. The summed E-state index contributed by atoms with van der Waals surface area (Å²) in [5.41, 5.74) is 6.31. The van der Waals surface area contributed by atoms with Crippen LogP contribution in [0.25, 0.3) is 0 Å². The predicted octanol–water partition coefficient (Wildman–Crippen LogP) is 6.45. The van der Waals surface area contributed by atoms with Crippen LogP contribution in [0.2, 0.25) is 0 Å². The molecule has 1 N–H and O–H groups in total. The highest BCUT2D eigenvalue weighted by atomic mass is 35.5. The Labute approximate surface area is 254 Å². The van der Waals surface area contributed by atoms with Crippen molar-refractivity contribution in [3.8, 4) is 0 Å². The summed E-state index contributed by atoms with van der Waals surface area (Å²) in [7, 11) is 0. The van der Waals surface area contributed by atoms with E-state index in [1.165, 1.54) is 0 Å². The molecule has 3 aliphatic carbocycles. The van der Waals surface area contributed by atoms with Crippen LogP contribution >= 0.6 is 23.2 Å². The molecule has 7 heteroatoms. The molecule has 1 heterocycles. The third-order valence-electron chi connectivity index (χ3n) is 9.15. The Morgan fingerprint density at radius 3 is 1.71 bits per heavy atom. The van der Waals surface area contributed by atoms with Crippen LogP contribution in [0.1, 0.15) is 38.9 Å². The number of aryl methyl sites for hydroxylation is 2. The van der Waals surface area contributed by atoms with E-state index in [0.717, 1.165) is 43.8 Å². The molecule has 8 rings (SSSR count). The van der Waals surface area contributed by atoms with Gasteiger partial charge in [0.2, 0.25) is 17.7 Å². The zero-order chi connectivity index (χ0) is 29.4. The second kappa shape index (κ2) is 9.55.